The molecule has 0 radical (unpaired) electrons. The standard InChI is InChI=1S/C36H52OPSi/c1-36(2,3)39(4,5)37-31-23-12-10-8-6-7-9-11-13-24-32-38(33-25-17-14-18-26-33,34-27-19-15-20-28-34)35-29-21-16-22-30-35/h11,13-22,25-30H,6-10,12,23-24,31-32H2,1-5H3/q+1/b13-11-. The van der Waals surface area contributed by atoms with Crippen molar-refractivity contribution >= 4 is 31.5 Å². The Balaban J connectivity index is 1.46. The van der Waals surface area contributed by atoms with Gasteiger partial charge in [-0.15, -0.1) is 0 Å². The van der Waals surface area contributed by atoms with E-state index in [1.807, 2.05) is 0 Å². The Morgan fingerprint density at radius 2 is 1.00 bits per heavy atom. The van der Waals surface area contributed by atoms with Crippen LogP contribution in [-0.2, 0) is 4.43 Å². The molecule has 0 bridgehead atoms. The molecule has 0 aliphatic heterocycles. The molecule has 210 valence electrons. The first-order valence-electron chi connectivity index (χ1n) is 15.1. The Morgan fingerprint density at radius 1 is 0.590 bits per heavy atom. The van der Waals surface area contributed by atoms with Gasteiger partial charge in [0.15, 0.2) is 8.32 Å². The lowest BCUT2D eigenvalue weighted by molar-refractivity contribution is 0.277. The molecule has 3 heteroatoms. The fourth-order valence-electron chi connectivity index (χ4n) is 5.00. The van der Waals surface area contributed by atoms with Crippen molar-refractivity contribution in [2.45, 2.75) is 90.3 Å². The van der Waals surface area contributed by atoms with Crippen molar-refractivity contribution in [2.24, 2.45) is 0 Å². The molecule has 0 saturated carbocycles. The number of hydrogen-bond acceptors (Lipinski definition) is 1. The highest BCUT2D eigenvalue weighted by atomic mass is 31.2. The van der Waals surface area contributed by atoms with Crippen molar-refractivity contribution < 1.29 is 4.43 Å². The zero-order valence-corrected chi connectivity index (χ0v) is 27.1. The summed E-state index contributed by atoms with van der Waals surface area (Å²) in [6.45, 7) is 12.6. The van der Waals surface area contributed by atoms with E-state index in [0.717, 1.165) is 13.0 Å². The molecular weight excluding hydrogens is 507 g/mol. The van der Waals surface area contributed by atoms with Crippen molar-refractivity contribution in [1.29, 1.82) is 0 Å². The van der Waals surface area contributed by atoms with Crippen LogP contribution in [0.1, 0.15) is 72.1 Å². The minimum atomic E-state index is -1.71. The van der Waals surface area contributed by atoms with E-state index >= 15 is 0 Å². The lowest BCUT2D eigenvalue weighted by Gasteiger charge is -2.36. The van der Waals surface area contributed by atoms with Crippen LogP contribution < -0.4 is 15.9 Å². The van der Waals surface area contributed by atoms with Crippen LogP contribution in [-0.4, -0.2) is 21.1 Å². The van der Waals surface area contributed by atoms with Crippen molar-refractivity contribution in [3.05, 3.63) is 103 Å². The average molecular weight is 560 g/mol. The number of rotatable bonds is 16. The van der Waals surface area contributed by atoms with Gasteiger partial charge < -0.3 is 4.43 Å². The normalized spacial score (nSPS) is 12.7. The summed E-state index contributed by atoms with van der Waals surface area (Å²) in [7, 11) is -3.29. The van der Waals surface area contributed by atoms with E-state index in [4.69, 9.17) is 4.43 Å². The molecule has 39 heavy (non-hydrogen) atoms. The van der Waals surface area contributed by atoms with Crippen LogP contribution in [0.5, 0.6) is 0 Å². The third-order valence-electron chi connectivity index (χ3n) is 8.42. The first-order valence-corrected chi connectivity index (χ1v) is 20.0. The van der Waals surface area contributed by atoms with E-state index < -0.39 is 15.6 Å². The van der Waals surface area contributed by atoms with Gasteiger partial charge in [0.05, 0.1) is 6.16 Å². The molecule has 3 rings (SSSR count). The molecule has 0 aromatic heterocycles. The van der Waals surface area contributed by atoms with E-state index in [1.165, 1.54) is 67.0 Å². The van der Waals surface area contributed by atoms with Crippen LogP contribution in [0.2, 0.25) is 18.1 Å². The molecule has 0 atom stereocenters. The summed E-state index contributed by atoms with van der Waals surface area (Å²) in [5, 5.41) is 4.75. The van der Waals surface area contributed by atoms with Crippen LogP contribution >= 0.6 is 7.26 Å². The molecular formula is C36H52OPSi+. The number of hydrogen-bond donors (Lipinski definition) is 0. The molecule has 0 fully saturated rings. The van der Waals surface area contributed by atoms with E-state index in [1.54, 1.807) is 0 Å². The maximum Gasteiger partial charge on any atom is 0.191 e. The molecule has 0 aliphatic carbocycles. The summed E-state index contributed by atoms with van der Waals surface area (Å²) in [5.74, 6) is 0. The first-order chi connectivity index (χ1) is 18.8. The second-order valence-corrected chi connectivity index (χ2v) is 20.7. The van der Waals surface area contributed by atoms with Crippen LogP contribution in [0.4, 0.5) is 0 Å². The third kappa shape index (κ3) is 9.27. The van der Waals surface area contributed by atoms with Gasteiger partial charge in [0.25, 0.3) is 0 Å². The van der Waals surface area contributed by atoms with E-state index in [0.29, 0.717) is 5.04 Å². The topological polar surface area (TPSA) is 9.23 Å². The Hall–Kier alpha value is -1.99. The highest BCUT2D eigenvalue weighted by molar-refractivity contribution is 7.95. The molecule has 0 unspecified atom stereocenters. The fraction of sp³-hybridized carbons (Fsp3) is 0.444. The lowest BCUT2D eigenvalue weighted by Crippen LogP contribution is -2.40. The molecule has 0 saturated heterocycles. The minimum Gasteiger partial charge on any atom is -0.417 e. The maximum absolute atomic E-state index is 6.32. The largest absolute Gasteiger partial charge is 0.417 e. The predicted molar refractivity (Wildman–Crippen MR) is 179 cm³/mol. The Morgan fingerprint density at radius 3 is 1.46 bits per heavy atom. The highest BCUT2D eigenvalue weighted by Gasteiger charge is 2.44. The summed E-state index contributed by atoms with van der Waals surface area (Å²) >= 11 is 0. The molecule has 0 heterocycles. The second-order valence-electron chi connectivity index (χ2n) is 12.3. The number of benzene rings is 3. The average Bonchev–Trinajstić information content (AvgIpc) is 2.94. The smallest absolute Gasteiger partial charge is 0.191 e. The Kier molecular flexibility index (Phi) is 12.7. The van der Waals surface area contributed by atoms with Crippen molar-refractivity contribution in [3.63, 3.8) is 0 Å². The van der Waals surface area contributed by atoms with Crippen LogP contribution in [0.25, 0.3) is 0 Å². The third-order valence-corrected chi connectivity index (χ3v) is 17.4. The molecule has 1 nitrogen and oxygen atoms in total. The van der Waals surface area contributed by atoms with Gasteiger partial charge in [-0.1, -0.05) is 113 Å². The molecule has 0 aliphatic rings. The predicted octanol–water partition coefficient (Wildman–Crippen LogP) is 9.68. The monoisotopic (exact) mass is 559 g/mol. The van der Waals surface area contributed by atoms with Crippen molar-refractivity contribution in [3.8, 4) is 0 Å². The van der Waals surface area contributed by atoms with Crippen molar-refractivity contribution in [2.75, 3.05) is 12.8 Å². The van der Waals surface area contributed by atoms with E-state index in [2.05, 4.69) is 137 Å². The first kappa shape index (κ1) is 31.5. The van der Waals surface area contributed by atoms with Gasteiger partial charge in [-0.25, -0.2) is 0 Å². The second kappa shape index (κ2) is 15.7. The zero-order chi connectivity index (χ0) is 28.0. The highest BCUT2D eigenvalue weighted by Crippen LogP contribution is 2.55. The zero-order valence-electron chi connectivity index (χ0n) is 25.2. The summed E-state index contributed by atoms with van der Waals surface area (Å²) in [6.07, 6.45) is 16.2. The summed E-state index contributed by atoms with van der Waals surface area (Å²) < 4.78 is 6.32. The van der Waals surface area contributed by atoms with Gasteiger partial charge in [0.2, 0.25) is 0 Å². The molecule has 3 aromatic carbocycles. The SMILES string of the molecule is CC(C)(C)[Si](C)(C)OCCCCCCCC/C=C\CC[P+](c1ccccc1)(c1ccccc1)c1ccccc1. The molecule has 0 spiro atoms. The van der Waals surface area contributed by atoms with Crippen molar-refractivity contribution in [1.82, 2.24) is 0 Å². The van der Waals surface area contributed by atoms with Gasteiger partial charge in [0.1, 0.15) is 23.2 Å². The molecule has 0 amide bonds. The quantitative estimate of drug-likeness (QED) is 0.0734. The van der Waals surface area contributed by atoms with Crippen LogP contribution in [0, 0.1) is 0 Å². The van der Waals surface area contributed by atoms with Gasteiger partial charge in [-0.2, -0.15) is 0 Å². The van der Waals surface area contributed by atoms with Gasteiger partial charge in [-0.3, -0.25) is 0 Å². The number of unbranched alkanes of at least 4 members (excludes halogenated alkanes) is 6. The van der Waals surface area contributed by atoms with E-state index in [-0.39, 0.29) is 0 Å². The fourth-order valence-corrected chi connectivity index (χ4v) is 10.3. The van der Waals surface area contributed by atoms with Gasteiger partial charge in [0, 0.05) is 13.0 Å². The van der Waals surface area contributed by atoms with Gasteiger partial charge in [-0.05, 0) is 73.8 Å². The minimum absolute atomic E-state index is 0.314. The Bertz CT molecular complexity index is 990. The maximum atomic E-state index is 6.32. The Labute approximate surface area is 241 Å². The lowest BCUT2D eigenvalue weighted by atomic mass is 10.1. The summed E-state index contributed by atoms with van der Waals surface area (Å²) in [6, 6.07) is 33.7. The number of allylic oxidation sites excluding steroid dienone is 2. The van der Waals surface area contributed by atoms with Gasteiger partial charge >= 0.3 is 0 Å². The van der Waals surface area contributed by atoms with Crippen LogP contribution in [0.15, 0.2) is 103 Å². The molecule has 3 aromatic rings. The summed E-state index contributed by atoms with van der Waals surface area (Å²) in [4.78, 5) is 0. The van der Waals surface area contributed by atoms with E-state index in [9.17, 15) is 0 Å². The molecule has 0 N–H and O–H groups in total. The van der Waals surface area contributed by atoms with Crippen LogP contribution in [0.3, 0.4) is 0 Å². The summed E-state index contributed by atoms with van der Waals surface area (Å²) in [5.41, 5.74) is 0.